The first-order chi connectivity index (χ1) is 9.45. The number of halogens is 1. The smallest absolute Gasteiger partial charge is 0.243 e. The van der Waals surface area contributed by atoms with Gasteiger partial charge in [0, 0.05) is 34.9 Å². The van der Waals surface area contributed by atoms with Gasteiger partial charge in [-0.15, -0.1) is 11.3 Å². The van der Waals surface area contributed by atoms with Crippen LogP contribution in [0, 0.1) is 0 Å². The second-order valence-electron chi connectivity index (χ2n) is 4.30. The third-order valence-corrected chi connectivity index (χ3v) is 6.47. The molecule has 0 bridgehead atoms. The number of thiophene rings is 1. The van der Waals surface area contributed by atoms with Gasteiger partial charge in [-0.3, -0.25) is 0 Å². The van der Waals surface area contributed by atoms with E-state index in [4.69, 9.17) is 5.73 Å². The molecule has 1 aromatic heterocycles. The van der Waals surface area contributed by atoms with Gasteiger partial charge in [-0.1, -0.05) is 18.2 Å². The van der Waals surface area contributed by atoms with Crippen LogP contribution >= 0.6 is 27.3 Å². The van der Waals surface area contributed by atoms with Crippen LogP contribution in [0.3, 0.4) is 0 Å². The van der Waals surface area contributed by atoms with Crippen LogP contribution in [0.2, 0.25) is 0 Å². The van der Waals surface area contributed by atoms with E-state index in [1.54, 1.807) is 31.3 Å². The van der Waals surface area contributed by atoms with Crippen LogP contribution in [0.1, 0.15) is 10.4 Å². The number of rotatable bonds is 5. The third-order valence-electron chi connectivity index (χ3n) is 2.88. The zero-order chi connectivity index (χ0) is 14.8. The first-order valence-electron chi connectivity index (χ1n) is 5.92. The number of nitrogens with two attached hydrogens (primary N) is 1. The Labute approximate surface area is 131 Å². The summed E-state index contributed by atoms with van der Waals surface area (Å²) >= 11 is 4.89. The lowest BCUT2D eigenvalue weighted by molar-refractivity contribution is 0.469. The lowest BCUT2D eigenvalue weighted by atomic mass is 10.2. The molecular formula is C13H15BrN2O2S2. The van der Waals surface area contributed by atoms with Crippen LogP contribution in [0.25, 0.3) is 0 Å². The second-order valence-corrected chi connectivity index (χ2v) is 8.23. The summed E-state index contributed by atoms with van der Waals surface area (Å²) in [5.41, 5.74) is 6.25. The van der Waals surface area contributed by atoms with Crippen molar-refractivity contribution < 1.29 is 8.42 Å². The Morgan fingerprint density at radius 2 is 2.05 bits per heavy atom. The zero-order valence-corrected chi connectivity index (χ0v) is 14.1. The number of sulfonamides is 1. The Hall–Kier alpha value is -0.730. The summed E-state index contributed by atoms with van der Waals surface area (Å²) in [6, 6.07) is 8.76. The maximum atomic E-state index is 12.6. The van der Waals surface area contributed by atoms with E-state index < -0.39 is 10.0 Å². The van der Waals surface area contributed by atoms with Crippen molar-refractivity contribution in [1.29, 1.82) is 0 Å². The molecular weight excluding hydrogens is 360 g/mol. The quantitative estimate of drug-likeness (QED) is 0.874. The Bertz CT molecular complexity index is 698. The highest BCUT2D eigenvalue weighted by Crippen LogP contribution is 2.24. The fourth-order valence-corrected chi connectivity index (χ4v) is 4.80. The predicted molar refractivity (Wildman–Crippen MR) is 85.0 cm³/mol. The van der Waals surface area contributed by atoms with Gasteiger partial charge in [0.15, 0.2) is 0 Å². The summed E-state index contributed by atoms with van der Waals surface area (Å²) in [5, 5.41) is 1.93. The molecule has 20 heavy (non-hydrogen) atoms. The van der Waals surface area contributed by atoms with Crippen molar-refractivity contribution in [1.82, 2.24) is 4.31 Å². The maximum Gasteiger partial charge on any atom is 0.243 e. The molecule has 0 unspecified atom stereocenters. The van der Waals surface area contributed by atoms with Crippen molar-refractivity contribution in [2.24, 2.45) is 5.73 Å². The van der Waals surface area contributed by atoms with Crippen molar-refractivity contribution in [2.75, 3.05) is 7.05 Å². The van der Waals surface area contributed by atoms with Gasteiger partial charge in [-0.2, -0.15) is 4.31 Å². The van der Waals surface area contributed by atoms with E-state index in [-0.39, 0.29) is 11.4 Å². The molecule has 2 N–H and O–H groups in total. The highest BCUT2D eigenvalue weighted by Gasteiger charge is 2.23. The van der Waals surface area contributed by atoms with E-state index in [1.165, 1.54) is 15.6 Å². The summed E-state index contributed by atoms with van der Waals surface area (Å²) < 4.78 is 27.5. The summed E-state index contributed by atoms with van der Waals surface area (Å²) in [6.07, 6.45) is 0. The minimum atomic E-state index is -3.53. The van der Waals surface area contributed by atoms with Gasteiger partial charge in [0.1, 0.15) is 0 Å². The van der Waals surface area contributed by atoms with E-state index in [0.717, 1.165) is 9.35 Å². The van der Waals surface area contributed by atoms with Gasteiger partial charge in [0.2, 0.25) is 10.0 Å². The first-order valence-corrected chi connectivity index (χ1v) is 9.03. The Kier molecular flexibility index (Phi) is 4.98. The summed E-state index contributed by atoms with van der Waals surface area (Å²) in [6.45, 7) is 0.547. The zero-order valence-electron chi connectivity index (χ0n) is 10.9. The monoisotopic (exact) mass is 374 g/mol. The lowest BCUT2D eigenvalue weighted by Gasteiger charge is -2.18. The average molecular weight is 375 g/mol. The van der Waals surface area contributed by atoms with Gasteiger partial charge in [0.05, 0.1) is 4.90 Å². The van der Waals surface area contributed by atoms with E-state index in [9.17, 15) is 8.42 Å². The van der Waals surface area contributed by atoms with Gasteiger partial charge in [0.25, 0.3) is 0 Å². The topological polar surface area (TPSA) is 63.4 Å². The van der Waals surface area contributed by atoms with E-state index in [0.29, 0.717) is 12.1 Å². The van der Waals surface area contributed by atoms with Crippen LogP contribution in [-0.2, 0) is 23.1 Å². The molecule has 0 amide bonds. The van der Waals surface area contributed by atoms with Crippen LogP contribution < -0.4 is 5.73 Å². The lowest BCUT2D eigenvalue weighted by Crippen LogP contribution is -2.27. The summed E-state index contributed by atoms with van der Waals surface area (Å²) in [4.78, 5) is 1.26. The molecule has 2 rings (SSSR count). The molecule has 0 radical (unpaired) electrons. The molecule has 0 aliphatic rings. The number of hydrogen-bond donors (Lipinski definition) is 1. The number of benzene rings is 1. The summed E-state index contributed by atoms with van der Waals surface area (Å²) in [5.74, 6) is 0. The SMILES string of the molecule is CN(Cc1cc(Br)cs1)S(=O)(=O)c1ccccc1CN. The highest BCUT2D eigenvalue weighted by molar-refractivity contribution is 9.10. The first kappa shape index (κ1) is 15.7. The molecule has 0 saturated carbocycles. The molecule has 0 atom stereocenters. The number of hydrogen-bond acceptors (Lipinski definition) is 4. The third kappa shape index (κ3) is 3.29. The van der Waals surface area contributed by atoms with Crippen LogP contribution in [-0.4, -0.2) is 19.8 Å². The maximum absolute atomic E-state index is 12.6. The normalized spacial score (nSPS) is 12.0. The Morgan fingerprint density at radius 1 is 1.35 bits per heavy atom. The van der Waals surface area contributed by atoms with Crippen LogP contribution in [0.15, 0.2) is 45.1 Å². The summed E-state index contributed by atoms with van der Waals surface area (Å²) in [7, 11) is -1.95. The van der Waals surface area contributed by atoms with Gasteiger partial charge in [-0.05, 0) is 33.6 Å². The van der Waals surface area contributed by atoms with Gasteiger partial charge in [-0.25, -0.2) is 8.42 Å². The molecule has 4 nitrogen and oxygen atoms in total. The Morgan fingerprint density at radius 3 is 2.65 bits per heavy atom. The molecule has 108 valence electrons. The van der Waals surface area contributed by atoms with Crippen LogP contribution in [0.5, 0.6) is 0 Å². The largest absolute Gasteiger partial charge is 0.326 e. The molecule has 0 spiro atoms. The van der Waals surface area contributed by atoms with E-state index in [1.807, 2.05) is 11.4 Å². The molecule has 0 aliphatic heterocycles. The minimum Gasteiger partial charge on any atom is -0.326 e. The fraction of sp³-hybridized carbons (Fsp3) is 0.231. The van der Waals surface area contributed by atoms with Crippen molar-refractivity contribution in [2.45, 2.75) is 18.0 Å². The molecule has 1 heterocycles. The Balaban J connectivity index is 2.29. The van der Waals surface area contributed by atoms with E-state index >= 15 is 0 Å². The highest BCUT2D eigenvalue weighted by atomic mass is 79.9. The minimum absolute atomic E-state index is 0.202. The van der Waals surface area contributed by atoms with Gasteiger partial charge >= 0.3 is 0 Å². The second kappa shape index (κ2) is 6.36. The number of nitrogens with zero attached hydrogens (tertiary/aromatic N) is 1. The van der Waals surface area contributed by atoms with E-state index in [2.05, 4.69) is 15.9 Å². The molecule has 0 fully saturated rings. The van der Waals surface area contributed by atoms with Crippen molar-refractivity contribution in [3.8, 4) is 0 Å². The average Bonchev–Trinajstić information content (AvgIpc) is 2.84. The molecule has 0 saturated heterocycles. The molecule has 0 aliphatic carbocycles. The predicted octanol–water partition coefficient (Wildman–Crippen LogP) is 2.79. The molecule has 2 aromatic rings. The standard InChI is InChI=1S/C13H15BrN2O2S2/c1-16(8-12-6-11(14)9-19-12)20(17,18)13-5-3-2-4-10(13)7-15/h2-6,9H,7-8,15H2,1H3. The van der Waals surface area contributed by atoms with Gasteiger partial charge < -0.3 is 5.73 Å². The van der Waals surface area contributed by atoms with Crippen molar-refractivity contribution in [3.05, 3.63) is 50.6 Å². The van der Waals surface area contributed by atoms with Crippen molar-refractivity contribution in [3.63, 3.8) is 0 Å². The van der Waals surface area contributed by atoms with Crippen molar-refractivity contribution >= 4 is 37.3 Å². The van der Waals surface area contributed by atoms with Crippen LogP contribution in [0.4, 0.5) is 0 Å². The fourth-order valence-electron chi connectivity index (χ4n) is 1.83. The molecule has 1 aromatic carbocycles. The molecule has 7 heteroatoms.